The average molecular weight is 263 g/mol. The fourth-order valence-corrected chi connectivity index (χ4v) is 2.30. The van der Waals surface area contributed by atoms with Crippen molar-refractivity contribution < 1.29 is 0 Å². The molecule has 0 aliphatic carbocycles. The zero-order valence-corrected chi connectivity index (χ0v) is 11.6. The first-order chi connectivity index (χ1) is 8.62. The predicted octanol–water partition coefficient (Wildman–Crippen LogP) is 2.71. The Morgan fingerprint density at radius 3 is 2.78 bits per heavy atom. The highest BCUT2D eigenvalue weighted by Gasteiger charge is 2.23. The highest BCUT2D eigenvalue weighted by molar-refractivity contribution is 7.09. The van der Waals surface area contributed by atoms with E-state index in [4.69, 9.17) is 0 Å². The second-order valence-electron chi connectivity index (χ2n) is 4.38. The van der Waals surface area contributed by atoms with E-state index in [-0.39, 0.29) is 5.54 Å². The van der Waals surface area contributed by atoms with Crippen LogP contribution in [0, 0.1) is 0 Å². The number of hydrogen-bond acceptors (Lipinski definition) is 6. The molecule has 2 rings (SSSR count). The van der Waals surface area contributed by atoms with E-state index < -0.39 is 0 Å². The van der Waals surface area contributed by atoms with Crippen molar-refractivity contribution in [1.82, 2.24) is 15.0 Å². The van der Waals surface area contributed by atoms with Gasteiger partial charge in [-0.3, -0.25) is 0 Å². The van der Waals surface area contributed by atoms with Gasteiger partial charge in [0.25, 0.3) is 0 Å². The van der Waals surface area contributed by atoms with Gasteiger partial charge in [-0.25, -0.2) is 9.97 Å². The molecule has 0 atom stereocenters. The topological polar surface area (TPSA) is 62.7 Å². The summed E-state index contributed by atoms with van der Waals surface area (Å²) < 4.78 is 0. The maximum absolute atomic E-state index is 4.40. The van der Waals surface area contributed by atoms with E-state index in [9.17, 15) is 0 Å². The van der Waals surface area contributed by atoms with Crippen LogP contribution >= 0.6 is 11.3 Å². The maximum atomic E-state index is 4.40. The van der Waals surface area contributed by atoms with Crippen molar-refractivity contribution >= 4 is 23.1 Å². The number of rotatable bonds is 5. The molecular weight excluding hydrogens is 246 g/mol. The van der Waals surface area contributed by atoms with E-state index in [1.54, 1.807) is 17.5 Å². The Morgan fingerprint density at radius 1 is 1.28 bits per heavy atom. The van der Waals surface area contributed by atoms with Gasteiger partial charge < -0.3 is 10.6 Å². The van der Waals surface area contributed by atoms with Gasteiger partial charge in [0.1, 0.15) is 10.8 Å². The van der Waals surface area contributed by atoms with Crippen LogP contribution in [0.1, 0.15) is 25.8 Å². The number of hydrogen-bond donors (Lipinski definition) is 2. The van der Waals surface area contributed by atoms with Gasteiger partial charge in [-0.15, -0.1) is 11.3 Å². The summed E-state index contributed by atoms with van der Waals surface area (Å²) >= 11 is 1.63. The third kappa shape index (κ3) is 2.95. The number of nitrogens with zero attached hydrogens (tertiary/aromatic N) is 3. The van der Waals surface area contributed by atoms with Gasteiger partial charge in [0.2, 0.25) is 5.95 Å². The molecular formula is C12H17N5S. The van der Waals surface area contributed by atoms with Crippen molar-refractivity contribution in [2.75, 3.05) is 17.2 Å². The molecule has 5 nitrogen and oxygen atoms in total. The smallest absolute Gasteiger partial charge is 0.224 e. The second-order valence-corrected chi connectivity index (χ2v) is 5.28. The van der Waals surface area contributed by atoms with Crippen LogP contribution in [0.15, 0.2) is 23.8 Å². The minimum Gasteiger partial charge on any atom is -0.359 e. The van der Waals surface area contributed by atoms with Gasteiger partial charge in [-0.05, 0) is 26.8 Å². The van der Waals surface area contributed by atoms with Crippen molar-refractivity contribution in [3.8, 4) is 0 Å². The first-order valence-electron chi connectivity index (χ1n) is 5.87. The van der Waals surface area contributed by atoms with E-state index in [2.05, 4.69) is 39.4 Å². The summed E-state index contributed by atoms with van der Waals surface area (Å²) in [5.41, 5.74) is -0.244. The third-order valence-corrected chi connectivity index (χ3v) is 3.49. The average Bonchev–Trinajstić information content (AvgIpc) is 2.83. The molecule has 0 aliphatic rings. The van der Waals surface area contributed by atoms with Gasteiger partial charge in [0, 0.05) is 24.3 Å². The van der Waals surface area contributed by atoms with E-state index >= 15 is 0 Å². The molecule has 0 unspecified atom stereocenters. The molecule has 0 spiro atoms. The Kier molecular flexibility index (Phi) is 3.76. The van der Waals surface area contributed by atoms with Crippen LogP contribution in [0.3, 0.4) is 0 Å². The number of anilines is 2. The Balaban J connectivity index is 2.16. The van der Waals surface area contributed by atoms with Crippen molar-refractivity contribution in [2.24, 2.45) is 0 Å². The summed E-state index contributed by atoms with van der Waals surface area (Å²) in [4.78, 5) is 12.9. The van der Waals surface area contributed by atoms with Crippen LogP contribution < -0.4 is 10.6 Å². The molecule has 2 N–H and O–H groups in total. The summed E-state index contributed by atoms with van der Waals surface area (Å²) in [6.07, 6.45) is 3.55. The van der Waals surface area contributed by atoms with E-state index in [1.165, 1.54) is 0 Å². The van der Waals surface area contributed by atoms with Crippen LogP contribution in [0.5, 0.6) is 0 Å². The van der Waals surface area contributed by atoms with Crippen molar-refractivity contribution in [3.63, 3.8) is 0 Å². The normalized spacial score (nSPS) is 11.3. The Morgan fingerprint density at radius 2 is 2.11 bits per heavy atom. The molecule has 2 aromatic rings. The Hall–Kier alpha value is -1.69. The van der Waals surface area contributed by atoms with Crippen molar-refractivity contribution in [1.29, 1.82) is 0 Å². The summed E-state index contributed by atoms with van der Waals surface area (Å²) in [5, 5.41) is 9.48. The number of aromatic nitrogens is 3. The number of nitrogens with one attached hydrogen (secondary N) is 2. The summed E-state index contributed by atoms with van der Waals surface area (Å²) in [7, 11) is 0. The minimum absolute atomic E-state index is 0.244. The summed E-state index contributed by atoms with van der Waals surface area (Å²) in [5.74, 6) is 1.43. The maximum Gasteiger partial charge on any atom is 0.224 e. The minimum atomic E-state index is -0.244. The zero-order valence-electron chi connectivity index (χ0n) is 10.8. The lowest BCUT2D eigenvalue weighted by Crippen LogP contribution is -2.28. The van der Waals surface area contributed by atoms with Gasteiger partial charge in [-0.1, -0.05) is 0 Å². The van der Waals surface area contributed by atoms with E-state index in [1.807, 2.05) is 24.6 Å². The fourth-order valence-electron chi connectivity index (χ4n) is 1.58. The monoisotopic (exact) mass is 263 g/mol. The molecule has 0 amide bonds. The molecule has 2 heterocycles. The quantitative estimate of drug-likeness (QED) is 0.868. The van der Waals surface area contributed by atoms with Crippen molar-refractivity contribution in [2.45, 2.75) is 26.3 Å². The van der Waals surface area contributed by atoms with Crippen LogP contribution in [-0.2, 0) is 5.54 Å². The largest absolute Gasteiger partial charge is 0.359 e. The van der Waals surface area contributed by atoms with Gasteiger partial charge in [0.05, 0.1) is 5.54 Å². The lowest BCUT2D eigenvalue weighted by molar-refractivity contribution is 0.601. The van der Waals surface area contributed by atoms with Crippen LogP contribution in [-0.4, -0.2) is 21.5 Å². The first-order valence-corrected chi connectivity index (χ1v) is 6.75. The van der Waals surface area contributed by atoms with Crippen LogP contribution in [0.4, 0.5) is 11.8 Å². The molecule has 0 bridgehead atoms. The summed E-state index contributed by atoms with van der Waals surface area (Å²) in [6, 6.07) is 1.86. The molecule has 0 fully saturated rings. The van der Waals surface area contributed by atoms with E-state index in [0.29, 0.717) is 5.95 Å². The molecule has 6 heteroatoms. The second kappa shape index (κ2) is 5.30. The zero-order chi connectivity index (χ0) is 13.0. The SMILES string of the molecule is CCNc1nccc(NC(C)(C)c2nccs2)n1. The van der Waals surface area contributed by atoms with Gasteiger partial charge >= 0.3 is 0 Å². The first kappa shape index (κ1) is 12.8. The van der Waals surface area contributed by atoms with Gasteiger partial charge in [0.15, 0.2) is 0 Å². The molecule has 2 aromatic heterocycles. The fraction of sp³-hybridized carbons (Fsp3) is 0.417. The molecule has 0 aliphatic heterocycles. The highest BCUT2D eigenvalue weighted by atomic mass is 32.1. The third-order valence-electron chi connectivity index (χ3n) is 2.40. The lowest BCUT2D eigenvalue weighted by Gasteiger charge is -2.24. The summed E-state index contributed by atoms with van der Waals surface area (Å²) in [6.45, 7) is 6.99. The molecule has 18 heavy (non-hydrogen) atoms. The number of thiazole rings is 1. The lowest BCUT2D eigenvalue weighted by atomic mass is 10.1. The van der Waals surface area contributed by atoms with E-state index in [0.717, 1.165) is 17.4 Å². The Labute approximate surface area is 111 Å². The molecule has 96 valence electrons. The van der Waals surface area contributed by atoms with Gasteiger partial charge in [-0.2, -0.15) is 4.98 Å². The predicted molar refractivity (Wildman–Crippen MR) is 75.0 cm³/mol. The molecule has 0 saturated heterocycles. The van der Waals surface area contributed by atoms with Crippen molar-refractivity contribution in [3.05, 3.63) is 28.8 Å². The Bertz CT molecular complexity index is 495. The standard InChI is InChI=1S/C12H17N5S/c1-4-13-11-15-6-5-9(16-11)17-12(2,3)10-14-7-8-18-10/h5-8H,4H2,1-3H3,(H2,13,15,16,17). The van der Waals surface area contributed by atoms with Crippen LogP contribution in [0.25, 0.3) is 0 Å². The molecule has 0 saturated carbocycles. The van der Waals surface area contributed by atoms with Crippen LogP contribution in [0.2, 0.25) is 0 Å². The highest BCUT2D eigenvalue weighted by Crippen LogP contribution is 2.26. The molecule has 0 aromatic carbocycles. The molecule has 0 radical (unpaired) electrons.